The van der Waals surface area contributed by atoms with E-state index in [9.17, 15) is 14.4 Å². The summed E-state index contributed by atoms with van der Waals surface area (Å²) in [5, 5.41) is 14.6. The van der Waals surface area contributed by atoms with Crippen molar-refractivity contribution < 1.29 is 19.5 Å². The maximum Gasteiger partial charge on any atom is 0.335 e. The van der Waals surface area contributed by atoms with E-state index in [1.165, 1.54) is 12.1 Å². The Labute approximate surface area is 142 Å². The summed E-state index contributed by atoms with van der Waals surface area (Å²) in [6.07, 6.45) is 0.351. The summed E-state index contributed by atoms with van der Waals surface area (Å²) in [4.78, 5) is 35.6. The van der Waals surface area contributed by atoms with Crippen LogP contribution in [0.4, 0.5) is 5.69 Å². The highest BCUT2D eigenvalue weighted by molar-refractivity contribution is 5.99. The van der Waals surface area contributed by atoms with Gasteiger partial charge in [0.2, 0.25) is 11.8 Å². The number of benzene rings is 1. The number of carbonyl (C=O) groups is 3. The molecule has 1 aromatic rings. The first kappa shape index (κ1) is 19.7. The topological polar surface area (TPSA) is 95.5 Å². The van der Waals surface area contributed by atoms with Crippen LogP contribution in [-0.4, -0.2) is 28.9 Å². The molecule has 0 radical (unpaired) electrons. The number of anilines is 1. The SMILES string of the molecule is Cc1ccc(C(=O)O)cc1NC(=O)C(NC(=O)CC(C)C)C(C)C. The molecule has 1 rings (SSSR count). The number of aryl methyl sites for hydroxylation is 1. The van der Waals surface area contributed by atoms with Gasteiger partial charge in [0.05, 0.1) is 5.56 Å². The predicted octanol–water partition coefficient (Wildman–Crippen LogP) is 2.82. The van der Waals surface area contributed by atoms with E-state index in [0.717, 1.165) is 5.56 Å². The maximum atomic E-state index is 12.5. The van der Waals surface area contributed by atoms with Crippen molar-refractivity contribution in [3.8, 4) is 0 Å². The molecule has 0 aliphatic heterocycles. The molecule has 0 spiro atoms. The lowest BCUT2D eigenvalue weighted by Crippen LogP contribution is -2.47. The summed E-state index contributed by atoms with van der Waals surface area (Å²) >= 11 is 0. The number of carbonyl (C=O) groups excluding carboxylic acids is 2. The molecule has 1 unspecified atom stereocenters. The first-order valence-corrected chi connectivity index (χ1v) is 8.06. The highest BCUT2D eigenvalue weighted by atomic mass is 16.4. The van der Waals surface area contributed by atoms with Gasteiger partial charge in [-0.2, -0.15) is 0 Å². The summed E-state index contributed by atoms with van der Waals surface area (Å²) in [7, 11) is 0. The Morgan fingerprint density at radius 3 is 2.25 bits per heavy atom. The zero-order chi connectivity index (χ0) is 18.4. The van der Waals surface area contributed by atoms with Crippen LogP contribution in [-0.2, 0) is 9.59 Å². The molecular formula is C18H26N2O4. The Hall–Kier alpha value is -2.37. The van der Waals surface area contributed by atoms with Crippen LogP contribution < -0.4 is 10.6 Å². The van der Waals surface area contributed by atoms with Crippen LogP contribution in [0.25, 0.3) is 0 Å². The smallest absolute Gasteiger partial charge is 0.335 e. The van der Waals surface area contributed by atoms with E-state index >= 15 is 0 Å². The zero-order valence-corrected chi connectivity index (χ0v) is 14.8. The molecule has 0 aliphatic carbocycles. The van der Waals surface area contributed by atoms with Gasteiger partial charge < -0.3 is 15.7 Å². The number of carboxylic acids is 1. The Kier molecular flexibility index (Phi) is 6.95. The molecule has 0 bridgehead atoms. The third-order valence-corrected chi connectivity index (χ3v) is 3.60. The quantitative estimate of drug-likeness (QED) is 0.714. The fraction of sp³-hybridized carbons (Fsp3) is 0.500. The predicted molar refractivity (Wildman–Crippen MR) is 93.0 cm³/mol. The van der Waals surface area contributed by atoms with Crippen molar-refractivity contribution in [3.05, 3.63) is 29.3 Å². The van der Waals surface area contributed by atoms with Crippen molar-refractivity contribution in [3.63, 3.8) is 0 Å². The third kappa shape index (κ3) is 5.68. The minimum absolute atomic E-state index is 0.0934. The fourth-order valence-corrected chi connectivity index (χ4v) is 2.24. The van der Waals surface area contributed by atoms with Crippen LogP contribution in [0.5, 0.6) is 0 Å². The minimum Gasteiger partial charge on any atom is -0.478 e. The average molecular weight is 334 g/mol. The standard InChI is InChI=1S/C18H26N2O4/c1-10(2)8-15(21)20-16(11(3)4)17(22)19-14-9-13(18(23)24)7-6-12(14)5/h6-7,9-11,16H,8H2,1-5H3,(H,19,22)(H,20,21)(H,23,24). The Morgan fingerprint density at radius 2 is 1.75 bits per heavy atom. The van der Waals surface area contributed by atoms with E-state index in [-0.39, 0.29) is 29.2 Å². The molecule has 0 heterocycles. The van der Waals surface area contributed by atoms with Crippen LogP contribution in [0.2, 0.25) is 0 Å². The second-order valence-electron chi connectivity index (χ2n) is 6.71. The van der Waals surface area contributed by atoms with Crippen molar-refractivity contribution in [2.75, 3.05) is 5.32 Å². The summed E-state index contributed by atoms with van der Waals surface area (Å²) in [6.45, 7) is 9.35. The molecular weight excluding hydrogens is 308 g/mol. The first-order valence-electron chi connectivity index (χ1n) is 8.06. The molecule has 132 valence electrons. The van der Waals surface area contributed by atoms with Gasteiger partial charge in [-0.25, -0.2) is 4.79 Å². The number of hydrogen-bond donors (Lipinski definition) is 3. The van der Waals surface area contributed by atoms with Gasteiger partial charge in [0.15, 0.2) is 0 Å². The molecule has 0 fully saturated rings. The van der Waals surface area contributed by atoms with Crippen LogP contribution in [0.1, 0.15) is 50.0 Å². The van der Waals surface area contributed by atoms with Crippen LogP contribution in [0, 0.1) is 18.8 Å². The van der Waals surface area contributed by atoms with Gasteiger partial charge in [-0.3, -0.25) is 9.59 Å². The van der Waals surface area contributed by atoms with E-state index in [1.807, 2.05) is 27.7 Å². The Balaban J connectivity index is 2.91. The molecule has 0 saturated heterocycles. The van der Waals surface area contributed by atoms with E-state index in [0.29, 0.717) is 12.1 Å². The van der Waals surface area contributed by atoms with E-state index in [1.54, 1.807) is 13.0 Å². The second kappa shape index (κ2) is 8.47. The molecule has 6 heteroatoms. The van der Waals surface area contributed by atoms with Crippen LogP contribution in [0.3, 0.4) is 0 Å². The fourth-order valence-electron chi connectivity index (χ4n) is 2.24. The van der Waals surface area contributed by atoms with Gasteiger partial charge in [0.1, 0.15) is 6.04 Å². The van der Waals surface area contributed by atoms with E-state index < -0.39 is 12.0 Å². The lowest BCUT2D eigenvalue weighted by Gasteiger charge is -2.23. The van der Waals surface area contributed by atoms with Gasteiger partial charge in [0.25, 0.3) is 0 Å². The number of carboxylic acid groups (broad SMARTS) is 1. The molecule has 0 aromatic heterocycles. The van der Waals surface area contributed by atoms with Crippen molar-refractivity contribution >= 4 is 23.5 Å². The number of nitrogens with one attached hydrogen (secondary N) is 2. The van der Waals surface area contributed by atoms with Gasteiger partial charge in [0, 0.05) is 12.1 Å². The van der Waals surface area contributed by atoms with E-state index in [4.69, 9.17) is 5.11 Å². The lowest BCUT2D eigenvalue weighted by molar-refractivity contribution is -0.127. The highest BCUT2D eigenvalue weighted by Crippen LogP contribution is 2.18. The van der Waals surface area contributed by atoms with Crippen molar-refractivity contribution in [1.29, 1.82) is 0 Å². The number of hydrogen-bond acceptors (Lipinski definition) is 3. The highest BCUT2D eigenvalue weighted by Gasteiger charge is 2.25. The molecule has 0 saturated carbocycles. The summed E-state index contributed by atoms with van der Waals surface area (Å²) in [5.41, 5.74) is 1.29. The molecule has 24 heavy (non-hydrogen) atoms. The lowest BCUT2D eigenvalue weighted by atomic mass is 10.0. The monoisotopic (exact) mass is 334 g/mol. The summed E-state index contributed by atoms with van der Waals surface area (Å²) in [6, 6.07) is 3.87. The largest absolute Gasteiger partial charge is 0.478 e. The molecule has 3 N–H and O–H groups in total. The van der Waals surface area contributed by atoms with Gasteiger partial charge in [-0.05, 0) is 36.5 Å². The third-order valence-electron chi connectivity index (χ3n) is 3.60. The van der Waals surface area contributed by atoms with Gasteiger partial charge in [-0.1, -0.05) is 33.8 Å². The van der Waals surface area contributed by atoms with E-state index in [2.05, 4.69) is 10.6 Å². The molecule has 1 aromatic carbocycles. The first-order chi connectivity index (χ1) is 11.1. The number of rotatable bonds is 7. The number of amides is 2. The Morgan fingerprint density at radius 1 is 1.12 bits per heavy atom. The van der Waals surface area contributed by atoms with Crippen molar-refractivity contribution in [2.24, 2.45) is 11.8 Å². The van der Waals surface area contributed by atoms with Gasteiger partial charge in [-0.15, -0.1) is 0 Å². The van der Waals surface area contributed by atoms with Crippen molar-refractivity contribution in [2.45, 2.75) is 47.1 Å². The molecule has 0 aliphatic rings. The number of aromatic carboxylic acids is 1. The minimum atomic E-state index is -1.06. The van der Waals surface area contributed by atoms with Crippen LogP contribution in [0.15, 0.2) is 18.2 Å². The Bertz CT molecular complexity index is 623. The van der Waals surface area contributed by atoms with Crippen LogP contribution >= 0.6 is 0 Å². The zero-order valence-electron chi connectivity index (χ0n) is 14.8. The summed E-state index contributed by atoms with van der Waals surface area (Å²) in [5.74, 6) is -1.47. The summed E-state index contributed by atoms with van der Waals surface area (Å²) < 4.78 is 0. The average Bonchev–Trinajstić information content (AvgIpc) is 2.45. The second-order valence-corrected chi connectivity index (χ2v) is 6.71. The molecule has 1 atom stereocenters. The molecule has 2 amide bonds. The van der Waals surface area contributed by atoms with Crippen molar-refractivity contribution in [1.82, 2.24) is 5.32 Å². The normalized spacial score (nSPS) is 12.1. The van der Waals surface area contributed by atoms with Gasteiger partial charge >= 0.3 is 5.97 Å². The maximum absolute atomic E-state index is 12.5. The molecule has 6 nitrogen and oxygen atoms in total.